The zero-order chi connectivity index (χ0) is 22.9. The number of carbonyl (C=O) groups excluding carboxylic acids is 1. The number of hydrogen-bond acceptors (Lipinski definition) is 3. The molecule has 162 valence electrons. The number of nitrogens with two attached hydrogens (primary N) is 1. The molecule has 1 unspecified atom stereocenters. The molecule has 2 heterocycles. The van der Waals surface area contributed by atoms with Gasteiger partial charge in [0.25, 0.3) is 11.5 Å². The zero-order valence-corrected chi connectivity index (χ0v) is 19.1. The van der Waals surface area contributed by atoms with E-state index in [0.717, 1.165) is 45.4 Å². The van der Waals surface area contributed by atoms with Crippen LogP contribution in [-0.2, 0) is 0 Å². The average Bonchev–Trinajstić information content (AvgIpc) is 2.98. The summed E-state index contributed by atoms with van der Waals surface area (Å²) in [5.74, 6) is 5.61. The molecule has 4 N–H and O–H groups in total. The third-order valence-electron chi connectivity index (χ3n) is 5.87. The third kappa shape index (κ3) is 4.14. The van der Waals surface area contributed by atoms with E-state index in [-0.39, 0.29) is 29.7 Å². The normalized spacial score (nSPS) is 11.8. The second-order valence-electron chi connectivity index (χ2n) is 8.06. The average molecular weight is 419 g/mol. The fourth-order valence-electron chi connectivity index (χ4n) is 4.10. The van der Waals surface area contributed by atoms with Gasteiger partial charge in [-0.15, -0.1) is 0 Å². The first-order valence-corrected chi connectivity index (χ1v) is 10.6. The third-order valence-corrected chi connectivity index (χ3v) is 5.87. The van der Waals surface area contributed by atoms with Crippen LogP contribution in [0.2, 0.25) is 0 Å². The second-order valence-corrected chi connectivity index (χ2v) is 8.06. The SMILES string of the molecule is CCC(C)n1c(C)c(C)c2c(C(=O)Nc3c(C)cc(C)[nH]c3=O)cc(C#CCN)cc21. The maximum atomic E-state index is 13.4. The van der Waals surface area contributed by atoms with Crippen LogP contribution in [0.1, 0.15) is 64.7 Å². The lowest BCUT2D eigenvalue weighted by atomic mass is 10.0. The van der Waals surface area contributed by atoms with Crippen molar-refractivity contribution in [3.63, 3.8) is 0 Å². The summed E-state index contributed by atoms with van der Waals surface area (Å²) in [6, 6.07) is 5.91. The minimum absolute atomic E-state index is 0.238. The Kier molecular flexibility index (Phi) is 6.37. The van der Waals surface area contributed by atoms with E-state index in [4.69, 9.17) is 5.73 Å². The standard InChI is InChI=1S/C25H30N4O2/c1-7-16(4)29-18(6)17(5)22-20(12-19(9-8-10-26)13-21(22)29)24(30)28-23-14(2)11-15(3)27-25(23)31/h11-13,16H,7,10,26H2,1-6H3,(H,27,31)(H,28,30). The van der Waals surface area contributed by atoms with Gasteiger partial charge in [0.15, 0.2) is 0 Å². The number of nitrogens with zero attached hydrogens (tertiary/aromatic N) is 1. The second kappa shape index (κ2) is 8.83. The van der Waals surface area contributed by atoms with Gasteiger partial charge in [-0.25, -0.2) is 0 Å². The molecule has 1 amide bonds. The van der Waals surface area contributed by atoms with E-state index < -0.39 is 0 Å². The molecule has 0 fully saturated rings. The van der Waals surface area contributed by atoms with Gasteiger partial charge in [0.2, 0.25) is 0 Å². The first-order valence-electron chi connectivity index (χ1n) is 10.6. The summed E-state index contributed by atoms with van der Waals surface area (Å²) in [6.45, 7) is 12.3. The quantitative estimate of drug-likeness (QED) is 0.557. The number of benzene rings is 1. The number of aryl methyl sites for hydroxylation is 3. The van der Waals surface area contributed by atoms with Gasteiger partial charge >= 0.3 is 0 Å². The molecule has 1 atom stereocenters. The molecule has 1 aromatic carbocycles. The summed E-state index contributed by atoms with van der Waals surface area (Å²) in [5.41, 5.74) is 11.3. The highest BCUT2D eigenvalue weighted by atomic mass is 16.2. The number of H-pyrrole nitrogens is 1. The van der Waals surface area contributed by atoms with Crippen LogP contribution in [0.3, 0.4) is 0 Å². The van der Waals surface area contributed by atoms with E-state index in [0.29, 0.717) is 5.56 Å². The molecule has 3 aromatic rings. The summed E-state index contributed by atoms with van der Waals surface area (Å²) in [5, 5.41) is 3.72. The molecular formula is C25H30N4O2. The summed E-state index contributed by atoms with van der Waals surface area (Å²) in [6.07, 6.45) is 0.961. The summed E-state index contributed by atoms with van der Waals surface area (Å²) < 4.78 is 2.26. The number of anilines is 1. The highest BCUT2D eigenvalue weighted by Gasteiger charge is 2.22. The van der Waals surface area contributed by atoms with Crippen molar-refractivity contribution >= 4 is 22.5 Å². The Labute approximate surface area is 182 Å². The maximum Gasteiger partial charge on any atom is 0.272 e. The lowest BCUT2D eigenvalue weighted by Gasteiger charge is -2.16. The molecule has 2 aromatic heterocycles. The van der Waals surface area contributed by atoms with Crippen LogP contribution in [0.4, 0.5) is 5.69 Å². The van der Waals surface area contributed by atoms with E-state index in [1.54, 1.807) is 6.07 Å². The van der Waals surface area contributed by atoms with Crippen LogP contribution in [0.5, 0.6) is 0 Å². The number of aromatic nitrogens is 2. The predicted octanol–water partition coefficient (Wildman–Crippen LogP) is 4.10. The molecule has 3 rings (SSSR count). The zero-order valence-electron chi connectivity index (χ0n) is 19.1. The fraction of sp³-hybridized carbons (Fsp3) is 0.360. The Hall–Kier alpha value is -3.30. The van der Waals surface area contributed by atoms with E-state index in [9.17, 15) is 9.59 Å². The first kappa shape index (κ1) is 22.4. The highest BCUT2D eigenvalue weighted by molar-refractivity contribution is 6.14. The molecule has 6 nitrogen and oxygen atoms in total. The molecule has 0 aliphatic heterocycles. The van der Waals surface area contributed by atoms with Crippen LogP contribution < -0.4 is 16.6 Å². The summed E-state index contributed by atoms with van der Waals surface area (Å²) in [7, 11) is 0. The van der Waals surface area contributed by atoms with Crippen LogP contribution >= 0.6 is 0 Å². The van der Waals surface area contributed by atoms with Crippen molar-refractivity contribution in [3.8, 4) is 11.8 Å². The van der Waals surface area contributed by atoms with E-state index in [1.165, 1.54) is 0 Å². The number of fused-ring (bicyclic) bond motifs is 1. The molecule has 0 aliphatic carbocycles. The van der Waals surface area contributed by atoms with Crippen LogP contribution in [0, 0.1) is 39.5 Å². The van der Waals surface area contributed by atoms with Crippen molar-refractivity contribution < 1.29 is 4.79 Å². The van der Waals surface area contributed by atoms with Crippen molar-refractivity contribution in [1.82, 2.24) is 9.55 Å². The molecule has 6 heteroatoms. The number of pyridine rings is 1. The van der Waals surface area contributed by atoms with Gasteiger partial charge in [0, 0.05) is 28.4 Å². The van der Waals surface area contributed by atoms with Crippen molar-refractivity contribution in [1.29, 1.82) is 0 Å². The Balaban J connectivity index is 2.25. The number of carbonyl (C=O) groups is 1. The van der Waals surface area contributed by atoms with E-state index >= 15 is 0 Å². The number of hydrogen-bond donors (Lipinski definition) is 3. The fourth-order valence-corrected chi connectivity index (χ4v) is 4.10. The maximum absolute atomic E-state index is 13.4. The lowest BCUT2D eigenvalue weighted by molar-refractivity contribution is 0.102. The number of rotatable bonds is 4. The molecular weight excluding hydrogens is 388 g/mol. The van der Waals surface area contributed by atoms with Crippen LogP contribution in [0.25, 0.3) is 10.9 Å². The number of amides is 1. The van der Waals surface area contributed by atoms with Crippen molar-refractivity contribution in [3.05, 3.63) is 62.2 Å². The van der Waals surface area contributed by atoms with Gasteiger partial charge in [-0.05, 0) is 70.4 Å². The van der Waals surface area contributed by atoms with Crippen LogP contribution in [-0.4, -0.2) is 22.0 Å². The Bertz CT molecular complexity index is 1290. The largest absolute Gasteiger partial charge is 0.342 e. The predicted molar refractivity (Wildman–Crippen MR) is 127 cm³/mol. The van der Waals surface area contributed by atoms with Crippen molar-refractivity contribution in [2.75, 3.05) is 11.9 Å². The minimum Gasteiger partial charge on any atom is -0.342 e. The van der Waals surface area contributed by atoms with Gasteiger partial charge in [-0.3, -0.25) is 9.59 Å². The smallest absolute Gasteiger partial charge is 0.272 e. The van der Waals surface area contributed by atoms with Gasteiger partial charge in [0.05, 0.1) is 17.6 Å². The monoisotopic (exact) mass is 418 g/mol. The van der Waals surface area contributed by atoms with Gasteiger partial charge in [-0.2, -0.15) is 0 Å². The molecule has 31 heavy (non-hydrogen) atoms. The highest BCUT2D eigenvalue weighted by Crippen LogP contribution is 2.33. The summed E-state index contributed by atoms with van der Waals surface area (Å²) >= 11 is 0. The first-order chi connectivity index (χ1) is 14.7. The Morgan fingerprint density at radius 2 is 1.94 bits per heavy atom. The van der Waals surface area contributed by atoms with Gasteiger partial charge < -0.3 is 20.6 Å². The van der Waals surface area contributed by atoms with Crippen molar-refractivity contribution in [2.24, 2.45) is 5.73 Å². The Morgan fingerprint density at radius 1 is 1.23 bits per heavy atom. The van der Waals surface area contributed by atoms with Gasteiger partial charge in [-0.1, -0.05) is 18.8 Å². The van der Waals surface area contributed by atoms with E-state index in [1.807, 2.05) is 32.9 Å². The number of aromatic amines is 1. The van der Waals surface area contributed by atoms with Crippen LogP contribution in [0.15, 0.2) is 23.0 Å². The molecule has 0 bridgehead atoms. The van der Waals surface area contributed by atoms with Gasteiger partial charge in [0.1, 0.15) is 5.69 Å². The Morgan fingerprint density at radius 3 is 2.55 bits per heavy atom. The molecule has 0 aliphatic rings. The summed E-state index contributed by atoms with van der Waals surface area (Å²) in [4.78, 5) is 28.6. The van der Waals surface area contributed by atoms with Crippen molar-refractivity contribution in [2.45, 2.75) is 54.0 Å². The minimum atomic E-state index is -0.330. The molecule has 0 spiro atoms. The molecule has 0 saturated heterocycles. The molecule has 0 saturated carbocycles. The number of nitrogens with one attached hydrogen (secondary N) is 2. The topological polar surface area (TPSA) is 92.9 Å². The molecule has 0 radical (unpaired) electrons. The lowest BCUT2D eigenvalue weighted by Crippen LogP contribution is -2.22. The van der Waals surface area contributed by atoms with E-state index in [2.05, 4.69) is 47.5 Å².